The van der Waals surface area contributed by atoms with Crippen molar-refractivity contribution in [2.24, 2.45) is 0 Å². The Labute approximate surface area is 102 Å². The SMILES string of the molecule is CC(C(=O)NCCCO)c1ccc(Br)s1. The summed E-state index contributed by atoms with van der Waals surface area (Å²) < 4.78 is 1.03. The van der Waals surface area contributed by atoms with Crippen molar-refractivity contribution in [2.75, 3.05) is 13.2 Å². The second kappa shape index (κ2) is 6.25. The molecule has 15 heavy (non-hydrogen) atoms. The summed E-state index contributed by atoms with van der Waals surface area (Å²) in [4.78, 5) is 12.7. The summed E-state index contributed by atoms with van der Waals surface area (Å²) in [6.07, 6.45) is 0.604. The number of aliphatic hydroxyl groups excluding tert-OH is 1. The maximum atomic E-state index is 11.6. The second-order valence-electron chi connectivity index (χ2n) is 3.23. The van der Waals surface area contributed by atoms with Crippen LogP contribution in [0.25, 0.3) is 0 Å². The molecule has 84 valence electrons. The predicted molar refractivity (Wildman–Crippen MR) is 65.1 cm³/mol. The van der Waals surface area contributed by atoms with Crippen LogP contribution in [0.15, 0.2) is 15.9 Å². The van der Waals surface area contributed by atoms with E-state index in [1.165, 1.54) is 0 Å². The van der Waals surface area contributed by atoms with Crippen LogP contribution >= 0.6 is 27.3 Å². The first-order valence-electron chi connectivity index (χ1n) is 4.79. The molecule has 1 amide bonds. The molecule has 1 unspecified atom stereocenters. The van der Waals surface area contributed by atoms with E-state index in [9.17, 15) is 4.79 Å². The minimum atomic E-state index is -0.125. The Kier molecular flexibility index (Phi) is 5.28. The fourth-order valence-corrected chi connectivity index (χ4v) is 2.61. The van der Waals surface area contributed by atoms with Gasteiger partial charge in [0.15, 0.2) is 0 Å². The zero-order chi connectivity index (χ0) is 11.3. The summed E-state index contributed by atoms with van der Waals surface area (Å²) in [5.41, 5.74) is 0. The number of amides is 1. The molecule has 0 aliphatic heterocycles. The zero-order valence-electron chi connectivity index (χ0n) is 8.50. The zero-order valence-corrected chi connectivity index (χ0v) is 10.9. The fraction of sp³-hybridized carbons (Fsp3) is 0.500. The Hall–Kier alpha value is -0.390. The molecule has 3 nitrogen and oxygen atoms in total. The number of carbonyl (C=O) groups is 1. The molecule has 0 saturated heterocycles. The molecule has 0 bridgehead atoms. The standard InChI is InChI=1S/C10H14BrNO2S/c1-7(8-3-4-9(11)15-8)10(14)12-5-2-6-13/h3-4,7,13H,2,5-6H2,1H3,(H,12,14). The average molecular weight is 292 g/mol. The van der Waals surface area contributed by atoms with Gasteiger partial charge in [0.1, 0.15) is 0 Å². The summed E-state index contributed by atoms with van der Waals surface area (Å²) in [7, 11) is 0. The molecule has 1 atom stereocenters. The molecule has 1 aromatic heterocycles. The van der Waals surface area contributed by atoms with Gasteiger partial charge in [-0.15, -0.1) is 11.3 Å². The highest BCUT2D eigenvalue weighted by atomic mass is 79.9. The van der Waals surface area contributed by atoms with E-state index < -0.39 is 0 Å². The van der Waals surface area contributed by atoms with E-state index in [1.54, 1.807) is 11.3 Å². The van der Waals surface area contributed by atoms with Crippen molar-refractivity contribution in [1.82, 2.24) is 5.32 Å². The van der Waals surface area contributed by atoms with Crippen LogP contribution in [0.2, 0.25) is 0 Å². The third-order valence-electron chi connectivity index (χ3n) is 2.05. The molecule has 1 heterocycles. The highest BCUT2D eigenvalue weighted by Gasteiger charge is 2.16. The molecule has 0 aliphatic rings. The topological polar surface area (TPSA) is 49.3 Å². The Balaban J connectivity index is 2.46. The van der Waals surface area contributed by atoms with Crippen molar-refractivity contribution in [3.63, 3.8) is 0 Å². The van der Waals surface area contributed by atoms with Crippen molar-refractivity contribution in [3.05, 3.63) is 20.8 Å². The summed E-state index contributed by atoms with van der Waals surface area (Å²) >= 11 is 4.94. The molecule has 0 aliphatic carbocycles. The van der Waals surface area contributed by atoms with Crippen LogP contribution in [0.3, 0.4) is 0 Å². The van der Waals surface area contributed by atoms with Gasteiger partial charge >= 0.3 is 0 Å². The van der Waals surface area contributed by atoms with Gasteiger partial charge in [0.05, 0.1) is 9.70 Å². The Bertz CT molecular complexity index is 327. The largest absolute Gasteiger partial charge is 0.396 e. The monoisotopic (exact) mass is 291 g/mol. The van der Waals surface area contributed by atoms with Crippen molar-refractivity contribution in [2.45, 2.75) is 19.3 Å². The lowest BCUT2D eigenvalue weighted by Crippen LogP contribution is -2.28. The minimum absolute atomic E-state index is 0.0119. The maximum absolute atomic E-state index is 11.6. The molecule has 1 rings (SSSR count). The van der Waals surface area contributed by atoms with Gasteiger partial charge in [0.25, 0.3) is 0 Å². The molecule has 5 heteroatoms. The van der Waals surface area contributed by atoms with Crippen molar-refractivity contribution in [1.29, 1.82) is 0 Å². The normalized spacial score (nSPS) is 12.5. The number of nitrogens with one attached hydrogen (secondary N) is 1. The fourth-order valence-electron chi connectivity index (χ4n) is 1.13. The van der Waals surface area contributed by atoms with Crippen LogP contribution in [0.4, 0.5) is 0 Å². The van der Waals surface area contributed by atoms with Gasteiger partial charge in [0, 0.05) is 18.0 Å². The van der Waals surface area contributed by atoms with Crippen LogP contribution in [-0.2, 0) is 4.79 Å². The molecular weight excluding hydrogens is 278 g/mol. The molecule has 0 spiro atoms. The summed E-state index contributed by atoms with van der Waals surface area (Å²) in [5.74, 6) is -0.113. The van der Waals surface area contributed by atoms with Gasteiger partial charge in [0.2, 0.25) is 5.91 Å². The van der Waals surface area contributed by atoms with Crippen molar-refractivity contribution < 1.29 is 9.90 Å². The number of rotatable bonds is 5. The van der Waals surface area contributed by atoms with Gasteiger partial charge < -0.3 is 10.4 Å². The molecule has 0 radical (unpaired) electrons. The molecular formula is C10H14BrNO2S. The van der Waals surface area contributed by atoms with Gasteiger partial charge in [-0.3, -0.25) is 4.79 Å². The summed E-state index contributed by atoms with van der Waals surface area (Å²) in [5, 5.41) is 11.4. The Morgan fingerprint density at radius 2 is 2.40 bits per heavy atom. The molecule has 0 fully saturated rings. The number of aliphatic hydroxyl groups is 1. The van der Waals surface area contributed by atoms with Gasteiger partial charge in [-0.25, -0.2) is 0 Å². The number of thiophene rings is 1. The maximum Gasteiger partial charge on any atom is 0.228 e. The van der Waals surface area contributed by atoms with E-state index >= 15 is 0 Å². The number of hydrogen-bond acceptors (Lipinski definition) is 3. The first-order chi connectivity index (χ1) is 7.15. The average Bonchev–Trinajstić information content (AvgIpc) is 2.64. The summed E-state index contributed by atoms with van der Waals surface area (Å²) in [6.45, 7) is 2.53. The molecule has 0 aromatic carbocycles. The van der Waals surface area contributed by atoms with E-state index in [0.29, 0.717) is 13.0 Å². The summed E-state index contributed by atoms with van der Waals surface area (Å²) in [6, 6.07) is 3.89. The third-order valence-corrected chi connectivity index (χ3v) is 3.85. The third kappa shape index (κ3) is 3.93. The lowest BCUT2D eigenvalue weighted by molar-refractivity contribution is -0.122. The quantitative estimate of drug-likeness (QED) is 0.817. The molecule has 2 N–H and O–H groups in total. The van der Waals surface area contributed by atoms with E-state index in [2.05, 4.69) is 21.2 Å². The van der Waals surface area contributed by atoms with Crippen molar-refractivity contribution in [3.8, 4) is 0 Å². The number of hydrogen-bond donors (Lipinski definition) is 2. The van der Waals surface area contributed by atoms with Crippen LogP contribution in [-0.4, -0.2) is 24.2 Å². The minimum Gasteiger partial charge on any atom is -0.396 e. The number of halogens is 1. The second-order valence-corrected chi connectivity index (χ2v) is 5.73. The van der Waals surface area contributed by atoms with E-state index in [-0.39, 0.29) is 18.4 Å². The van der Waals surface area contributed by atoms with E-state index in [1.807, 2.05) is 19.1 Å². The highest BCUT2D eigenvalue weighted by Crippen LogP contribution is 2.28. The van der Waals surface area contributed by atoms with Crippen LogP contribution < -0.4 is 5.32 Å². The number of carbonyl (C=O) groups excluding carboxylic acids is 1. The van der Waals surface area contributed by atoms with Crippen LogP contribution in [0.1, 0.15) is 24.1 Å². The van der Waals surface area contributed by atoms with E-state index in [0.717, 1.165) is 8.66 Å². The van der Waals surface area contributed by atoms with Crippen LogP contribution in [0.5, 0.6) is 0 Å². The predicted octanol–water partition coefficient (Wildman–Crippen LogP) is 2.11. The van der Waals surface area contributed by atoms with Gasteiger partial charge in [-0.05, 0) is 41.4 Å². The molecule has 1 aromatic rings. The van der Waals surface area contributed by atoms with Crippen molar-refractivity contribution >= 4 is 33.2 Å². The molecule has 0 saturated carbocycles. The lowest BCUT2D eigenvalue weighted by atomic mass is 10.1. The van der Waals surface area contributed by atoms with Gasteiger partial charge in [-0.2, -0.15) is 0 Å². The highest BCUT2D eigenvalue weighted by molar-refractivity contribution is 9.11. The Morgan fingerprint density at radius 3 is 2.93 bits per heavy atom. The van der Waals surface area contributed by atoms with Gasteiger partial charge in [-0.1, -0.05) is 0 Å². The Morgan fingerprint density at radius 1 is 1.67 bits per heavy atom. The first-order valence-corrected chi connectivity index (χ1v) is 6.40. The smallest absolute Gasteiger partial charge is 0.228 e. The first kappa shape index (κ1) is 12.7. The lowest BCUT2D eigenvalue weighted by Gasteiger charge is -2.09. The van der Waals surface area contributed by atoms with Crippen LogP contribution in [0, 0.1) is 0 Å². The van der Waals surface area contributed by atoms with E-state index in [4.69, 9.17) is 5.11 Å².